The van der Waals surface area contributed by atoms with E-state index in [1.165, 1.54) is 0 Å². The van der Waals surface area contributed by atoms with Gasteiger partial charge in [-0.05, 0) is 48.5 Å². The molecule has 0 atom stereocenters. The Balaban J connectivity index is 1.49. The van der Waals surface area contributed by atoms with Crippen LogP contribution < -0.4 is 15.4 Å². The minimum Gasteiger partial charge on any atom is -0.455 e. The lowest BCUT2D eigenvalue weighted by atomic mass is 10.2. The van der Waals surface area contributed by atoms with Crippen molar-refractivity contribution in [2.75, 3.05) is 10.6 Å². The maximum absolute atomic E-state index is 12.1. The lowest BCUT2D eigenvalue weighted by molar-refractivity contribution is 0.261. The molecule has 2 amide bonds. The predicted molar refractivity (Wildman–Crippen MR) is 115 cm³/mol. The number of nitrogens with zero attached hydrogens (tertiary/aromatic N) is 2. The number of aromatic nitrogens is 2. The fourth-order valence-electron chi connectivity index (χ4n) is 2.55. The zero-order valence-corrected chi connectivity index (χ0v) is 16.8. The number of hydrogen-bond acceptors (Lipinski definition) is 5. The van der Waals surface area contributed by atoms with Crippen molar-refractivity contribution < 1.29 is 13.9 Å². The third-order valence-electron chi connectivity index (χ3n) is 3.92. The largest absolute Gasteiger partial charge is 0.455 e. The van der Waals surface area contributed by atoms with E-state index in [0.717, 1.165) is 0 Å². The fraction of sp³-hybridized carbons (Fsp3) is 0. The molecule has 1 aromatic heterocycles. The maximum atomic E-state index is 12.1. The first-order chi connectivity index (χ1) is 14.6. The van der Waals surface area contributed by atoms with E-state index < -0.39 is 6.03 Å². The number of urea groups is 1. The first kappa shape index (κ1) is 19.8. The Bertz CT molecular complexity index is 1180. The second-order valence-corrected chi connectivity index (χ2v) is 6.87. The van der Waals surface area contributed by atoms with Gasteiger partial charge in [-0.25, -0.2) is 4.79 Å². The monoisotopic (exact) mass is 440 g/mol. The standard InChI is InChI=1S/C21H14Cl2N4O3/c22-13-9-11-14(12-10-13)24-20(28)25-21-27-26-19(30-21)15-5-1-3-7-17(15)29-18-8-4-2-6-16(18)23/h1-12H,(H2,24,25,27,28). The van der Waals surface area contributed by atoms with Crippen molar-refractivity contribution in [3.63, 3.8) is 0 Å². The van der Waals surface area contributed by atoms with E-state index in [1.807, 2.05) is 18.2 Å². The second-order valence-electron chi connectivity index (χ2n) is 6.03. The van der Waals surface area contributed by atoms with E-state index in [2.05, 4.69) is 20.8 Å². The number of rotatable bonds is 5. The molecule has 1 heterocycles. The lowest BCUT2D eigenvalue weighted by Gasteiger charge is -2.09. The number of carbonyl (C=O) groups excluding carboxylic acids is 1. The number of carbonyl (C=O) groups is 1. The average molecular weight is 441 g/mol. The Morgan fingerprint density at radius 3 is 2.30 bits per heavy atom. The van der Waals surface area contributed by atoms with Gasteiger partial charge in [-0.3, -0.25) is 5.32 Å². The highest BCUT2D eigenvalue weighted by Crippen LogP contribution is 2.35. The van der Waals surface area contributed by atoms with Gasteiger partial charge in [0.05, 0.1) is 10.6 Å². The van der Waals surface area contributed by atoms with Gasteiger partial charge < -0.3 is 14.5 Å². The van der Waals surface area contributed by atoms with Crippen LogP contribution in [0.3, 0.4) is 0 Å². The second kappa shape index (κ2) is 8.86. The van der Waals surface area contributed by atoms with Crippen molar-refractivity contribution in [1.29, 1.82) is 0 Å². The van der Waals surface area contributed by atoms with Gasteiger partial charge in [-0.2, -0.15) is 0 Å². The van der Waals surface area contributed by atoms with Crippen LogP contribution in [0.25, 0.3) is 11.5 Å². The molecule has 0 aliphatic carbocycles. The molecule has 4 rings (SSSR count). The first-order valence-electron chi connectivity index (χ1n) is 8.77. The average Bonchev–Trinajstić information content (AvgIpc) is 3.20. The summed E-state index contributed by atoms with van der Waals surface area (Å²) in [5, 5.41) is 14.0. The predicted octanol–water partition coefficient (Wildman–Crippen LogP) is 6.48. The SMILES string of the molecule is O=C(Nc1ccc(Cl)cc1)Nc1nnc(-c2ccccc2Oc2ccccc2Cl)o1. The minimum atomic E-state index is -0.534. The Morgan fingerprint density at radius 2 is 1.53 bits per heavy atom. The molecule has 0 unspecified atom stereocenters. The zero-order chi connectivity index (χ0) is 20.9. The number of ether oxygens (including phenoxy) is 1. The number of para-hydroxylation sites is 2. The molecule has 0 aliphatic heterocycles. The minimum absolute atomic E-state index is 0.0657. The van der Waals surface area contributed by atoms with Crippen LogP contribution in [-0.2, 0) is 0 Å². The van der Waals surface area contributed by atoms with Crippen molar-refractivity contribution >= 4 is 40.9 Å². The molecule has 0 spiro atoms. The van der Waals surface area contributed by atoms with Crippen LogP contribution in [0.2, 0.25) is 10.0 Å². The van der Waals surface area contributed by atoms with Crippen molar-refractivity contribution in [3.8, 4) is 23.0 Å². The zero-order valence-electron chi connectivity index (χ0n) is 15.3. The third kappa shape index (κ3) is 4.71. The maximum Gasteiger partial charge on any atom is 0.327 e. The lowest BCUT2D eigenvalue weighted by Crippen LogP contribution is -2.19. The number of anilines is 2. The summed E-state index contributed by atoms with van der Waals surface area (Å²) in [5.41, 5.74) is 1.12. The molecule has 0 saturated carbocycles. The molecule has 0 fully saturated rings. The van der Waals surface area contributed by atoms with Crippen molar-refractivity contribution in [1.82, 2.24) is 10.2 Å². The highest BCUT2D eigenvalue weighted by Gasteiger charge is 2.16. The summed E-state index contributed by atoms with van der Waals surface area (Å²) >= 11 is 12.0. The molecule has 0 saturated heterocycles. The van der Waals surface area contributed by atoms with Gasteiger partial charge in [0.25, 0.3) is 5.89 Å². The molecule has 0 radical (unpaired) electrons. The van der Waals surface area contributed by atoms with Crippen LogP contribution in [0.15, 0.2) is 77.2 Å². The quantitative estimate of drug-likeness (QED) is 0.370. The van der Waals surface area contributed by atoms with E-state index in [-0.39, 0.29) is 11.9 Å². The molecule has 9 heteroatoms. The summed E-state index contributed by atoms with van der Waals surface area (Å²) in [7, 11) is 0. The molecule has 150 valence electrons. The molecule has 7 nitrogen and oxygen atoms in total. The van der Waals surface area contributed by atoms with Gasteiger partial charge in [0, 0.05) is 10.7 Å². The van der Waals surface area contributed by atoms with Crippen LogP contribution in [-0.4, -0.2) is 16.2 Å². The van der Waals surface area contributed by atoms with E-state index in [9.17, 15) is 4.79 Å². The number of amides is 2. The van der Waals surface area contributed by atoms with Crippen LogP contribution in [0.4, 0.5) is 16.5 Å². The summed E-state index contributed by atoms with van der Waals surface area (Å²) in [6.45, 7) is 0. The van der Waals surface area contributed by atoms with Gasteiger partial charge in [-0.15, -0.1) is 5.10 Å². The van der Waals surface area contributed by atoms with E-state index in [0.29, 0.717) is 32.8 Å². The van der Waals surface area contributed by atoms with Gasteiger partial charge in [0.1, 0.15) is 11.5 Å². The first-order valence-corrected chi connectivity index (χ1v) is 9.53. The van der Waals surface area contributed by atoms with E-state index in [1.54, 1.807) is 54.6 Å². The smallest absolute Gasteiger partial charge is 0.327 e. The highest BCUT2D eigenvalue weighted by atomic mass is 35.5. The van der Waals surface area contributed by atoms with Crippen molar-refractivity contribution in [2.45, 2.75) is 0 Å². The van der Waals surface area contributed by atoms with Gasteiger partial charge >= 0.3 is 12.0 Å². The summed E-state index contributed by atoms with van der Waals surface area (Å²) in [5.74, 6) is 1.15. The van der Waals surface area contributed by atoms with Crippen molar-refractivity contribution in [2.24, 2.45) is 0 Å². The number of benzene rings is 3. The molecule has 4 aromatic rings. The Kier molecular flexibility index (Phi) is 5.83. The van der Waals surface area contributed by atoms with Gasteiger partial charge in [-0.1, -0.05) is 52.6 Å². The highest BCUT2D eigenvalue weighted by molar-refractivity contribution is 6.32. The number of halogens is 2. The van der Waals surface area contributed by atoms with E-state index >= 15 is 0 Å². The fourth-order valence-corrected chi connectivity index (χ4v) is 2.85. The summed E-state index contributed by atoms with van der Waals surface area (Å²) in [6, 6.07) is 20.3. The molecule has 2 N–H and O–H groups in total. The third-order valence-corrected chi connectivity index (χ3v) is 4.49. The van der Waals surface area contributed by atoms with Crippen LogP contribution >= 0.6 is 23.2 Å². The summed E-state index contributed by atoms with van der Waals surface area (Å²) < 4.78 is 11.5. The normalized spacial score (nSPS) is 10.5. The van der Waals surface area contributed by atoms with Crippen LogP contribution in [0.1, 0.15) is 0 Å². The summed E-state index contributed by atoms with van der Waals surface area (Å²) in [6.07, 6.45) is 0. The molecule has 0 aliphatic rings. The van der Waals surface area contributed by atoms with Gasteiger partial charge in [0.15, 0.2) is 0 Å². The molecule has 0 bridgehead atoms. The summed E-state index contributed by atoms with van der Waals surface area (Å²) in [4.78, 5) is 12.1. The van der Waals surface area contributed by atoms with Crippen molar-refractivity contribution in [3.05, 3.63) is 82.8 Å². The molecule has 3 aromatic carbocycles. The topological polar surface area (TPSA) is 89.3 Å². The van der Waals surface area contributed by atoms with E-state index in [4.69, 9.17) is 32.4 Å². The number of nitrogens with one attached hydrogen (secondary N) is 2. The van der Waals surface area contributed by atoms with Gasteiger partial charge in [0.2, 0.25) is 0 Å². The Labute approximate surface area is 181 Å². The Morgan fingerprint density at radius 1 is 0.833 bits per heavy atom. The molecular formula is C21H14Cl2N4O3. The number of hydrogen-bond donors (Lipinski definition) is 2. The molecule has 30 heavy (non-hydrogen) atoms. The Hall–Kier alpha value is -3.55. The van der Waals surface area contributed by atoms with Crippen LogP contribution in [0, 0.1) is 0 Å². The van der Waals surface area contributed by atoms with Crippen LogP contribution in [0.5, 0.6) is 11.5 Å². The molecular weight excluding hydrogens is 427 g/mol.